The van der Waals surface area contributed by atoms with E-state index in [0.29, 0.717) is 9.76 Å². The first-order valence-corrected chi connectivity index (χ1v) is 5.77. The van der Waals surface area contributed by atoms with Gasteiger partial charge in [-0.1, -0.05) is 0 Å². The number of aliphatic imine (C=N–C) groups is 1. The Bertz CT molecular complexity index is 392. The van der Waals surface area contributed by atoms with Crippen molar-refractivity contribution in [3.05, 3.63) is 29.3 Å². The maximum absolute atomic E-state index is 10.3. The summed E-state index contributed by atoms with van der Waals surface area (Å²) in [6, 6.07) is 7.14. The van der Waals surface area contributed by atoms with Crippen LogP contribution in [0.1, 0.15) is 6.42 Å². The summed E-state index contributed by atoms with van der Waals surface area (Å²) in [5.41, 5.74) is 0.845. The Morgan fingerprint density at radius 2 is 2.06 bits per heavy atom. The van der Waals surface area contributed by atoms with Crippen LogP contribution in [-0.4, -0.2) is 38.4 Å². The number of carbonyl (C=O) groups is 1. The van der Waals surface area contributed by atoms with Crippen molar-refractivity contribution in [3.8, 4) is 0 Å². The van der Waals surface area contributed by atoms with Gasteiger partial charge in [0.15, 0.2) is 0 Å². The Labute approximate surface area is 107 Å². The zero-order chi connectivity index (χ0) is 12.0. The molecule has 85 valence electrons. The molecular weight excluding hydrogens is 295 g/mol. The molecule has 1 aromatic rings. The van der Waals surface area contributed by atoms with Gasteiger partial charge in [-0.3, -0.25) is 0 Å². The van der Waals surface area contributed by atoms with Gasteiger partial charge in [0.2, 0.25) is 0 Å². The molecule has 4 nitrogen and oxygen atoms in total. The van der Waals surface area contributed by atoms with Gasteiger partial charge in [0.25, 0.3) is 0 Å². The average molecular weight is 305 g/mol. The summed E-state index contributed by atoms with van der Waals surface area (Å²) < 4.78 is 0.559. The molecule has 1 radical (unpaired) electrons. The molecule has 0 aliphatic carbocycles. The third-order valence-corrected chi connectivity index (χ3v) is 2.41. The molecule has 0 heterocycles. The zero-order valence-corrected chi connectivity index (χ0v) is 10.8. The fraction of sp³-hybridized carbons (Fsp3) is 0.200. The second-order valence-corrected chi connectivity index (χ2v) is 4.21. The van der Waals surface area contributed by atoms with E-state index >= 15 is 0 Å². The van der Waals surface area contributed by atoms with Gasteiger partial charge < -0.3 is 0 Å². The molecule has 0 saturated carbocycles. The summed E-state index contributed by atoms with van der Waals surface area (Å²) in [5.74, 6) is -0.858. The van der Waals surface area contributed by atoms with Crippen LogP contribution < -0.4 is 5.32 Å². The number of amidine groups is 1. The number of benzene rings is 1. The van der Waals surface area contributed by atoms with Gasteiger partial charge in [-0.25, -0.2) is 0 Å². The fourth-order valence-electron chi connectivity index (χ4n) is 0.949. The van der Waals surface area contributed by atoms with Crippen LogP contribution >= 0.6 is 11.6 Å². The van der Waals surface area contributed by atoms with Crippen LogP contribution in [0, 0.1) is 0 Å². The molecule has 0 amide bonds. The number of nitrogens with zero attached hydrogens (tertiary/aromatic N) is 1. The Morgan fingerprint density at radius 1 is 1.44 bits per heavy atom. The number of nitrogens with one attached hydrogen (secondary N) is 1. The van der Waals surface area contributed by atoms with Crippen molar-refractivity contribution in [2.24, 2.45) is 4.99 Å². The van der Waals surface area contributed by atoms with E-state index in [0.717, 1.165) is 5.69 Å². The molecule has 0 unspecified atom stereocenters. The van der Waals surface area contributed by atoms with Gasteiger partial charge in [-0.15, -0.1) is 0 Å². The van der Waals surface area contributed by atoms with Gasteiger partial charge >= 0.3 is 106 Å². The predicted octanol–water partition coefficient (Wildman–Crippen LogP) is 1.75. The number of carboxylic acids is 1. The number of rotatable bonds is 4. The van der Waals surface area contributed by atoms with Gasteiger partial charge in [0, 0.05) is 0 Å². The van der Waals surface area contributed by atoms with Crippen LogP contribution in [0.3, 0.4) is 0 Å². The van der Waals surface area contributed by atoms with Crippen LogP contribution in [0.5, 0.6) is 0 Å². The van der Waals surface area contributed by atoms with Crippen LogP contribution in [0.25, 0.3) is 0 Å². The van der Waals surface area contributed by atoms with Crippen LogP contribution in [0.15, 0.2) is 29.3 Å². The molecule has 16 heavy (non-hydrogen) atoms. The first-order chi connectivity index (χ1) is 7.58. The number of anilines is 1. The molecule has 0 saturated heterocycles. The standard InChI is InChI=1S/C10H10ClN2O2Se/c11-7-1-3-8(4-2-7)13-10(16)12-6-5-9(14)15/h1-4H,5-6H2,(H,12,13)(H,14,15). The van der Waals surface area contributed by atoms with Crippen LogP contribution in [0.4, 0.5) is 5.69 Å². The normalized spacial score (nSPS) is 11.2. The van der Waals surface area contributed by atoms with Crippen molar-refractivity contribution in [1.29, 1.82) is 0 Å². The summed E-state index contributed by atoms with van der Waals surface area (Å²) in [7, 11) is 0. The van der Waals surface area contributed by atoms with E-state index in [1.54, 1.807) is 12.1 Å². The summed E-state index contributed by atoms with van der Waals surface area (Å²) >= 11 is 8.46. The van der Waals surface area contributed by atoms with Gasteiger partial charge in [0.1, 0.15) is 0 Å². The monoisotopic (exact) mass is 305 g/mol. The number of hydrogen-bond donors (Lipinski definition) is 2. The summed E-state index contributed by atoms with van der Waals surface area (Å²) in [6.07, 6.45) is 0.0213. The van der Waals surface area contributed by atoms with E-state index in [1.165, 1.54) is 0 Å². The quantitative estimate of drug-likeness (QED) is 0.506. The topological polar surface area (TPSA) is 61.7 Å². The molecule has 0 atom stereocenters. The van der Waals surface area contributed by atoms with Gasteiger partial charge in [-0.2, -0.15) is 0 Å². The van der Waals surface area contributed by atoms with Crippen molar-refractivity contribution in [1.82, 2.24) is 0 Å². The van der Waals surface area contributed by atoms with Crippen molar-refractivity contribution >= 4 is 44.0 Å². The van der Waals surface area contributed by atoms with Gasteiger partial charge in [0.05, 0.1) is 0 Å². The third-order valence-electron chi connectivity index (χ3n) is 1.68. The van der Waals surface area contributed by atoms with E-state index in [9.17, 15) is 4.79 Å². The molecule has 0 aromatic heterocycles. The Morgan fingerprint density at radius 3 is 2.62 bits per heavy atom. The molecule has 0 bridgehead atoms. The molecule has 0 spiro atoms. The zero-order valence-electron chi connectivity index (χ0n) is 8.31. The molecule has 0 aliphatic heterocycles. The van der Waals surface area contributed by atoms with Gasteiger partial charge in [-0.05, 0) is 0 Å². The molecule has 6 heteroatoms. The first kappa shape index (κ1) is 13.0. The Balaban J connectivity index is 2.47. The average Bonchev–Trinajstić information content (AvgIpc) is 2.21. The second-order valence-electron chi connectivity index (χ2n) is 2.96. The Kier molecular flexibility index (Phi) is 5.32. The van der Waals surface area contributed by atoms with Crippen LogP contribution in [0.2, 0.25) is 5.02 Å². The van der Waals surface area contributed by atoms with E-state index < -0.39 is 5.97 Å². The number of carboxylic acid groups (broad SMARTS) is 1. The number of hydrogen-bond acceptors (Lipinski definition) is 2. The minimum absolute atomic E-state index is 0.0213. The maximum atomic E-state index is 10.3. The summed E-state index contributed by atoms with van der Waals surface area (Å²) in [6.45, 7) is 0.248. The van der Waals surface area contributed by atoms with Crippen molar-refractivity contribution in [2.45, 2.75) is 6.42 Å². The fourth-order valence-corrected chi connectivity index (χ4v) is 1.51. The van der Waals surface area contributed by atoms with E-state index in [2.05, 4.69) is 26.3 Å². The Hall–Kier alpha value is -1.03. The molecule has 0 aliphatic rings. The van der Waals surface area contributed by atoms with Crippen LogP contribution in [-0.2, 0) is 4.79 Å². The van der Waals surface area contributed by atoms with E-state index in [4.69, 9.17) is 16.7 Å². The summed E-state index contributed by atoms with van der Waals surface area (Å²) in [5, 5.41) is 12.1. The van der Waals surface area contributed by atoms with E-state index in [-0.39, 0.29) is 13.0 Å². The molecule has 0 fully saturated rings. The molecule has 1 rings (SSSR count). The third kappa shape index (κ3) is 5.16. The number of aliphatic carboxylic acids is 1. The molecular formula is C10H10ClN2O2Se. The molecule has 2 N–H and O–H groups in total. The first-order valence-electron chi connectivity index (χ1n) is 4.54. The minimum atomic E-state index is -0.858. The van der Waals surface area contributed by atoms with Crippen molar-refractivity contribution in [2.75, 3.05) is 11.9 Å². The molecule has 1 aromatic carbocycles. The van der Waals surface area contributed by atoms with E-state index in [1.807, 2.05) is 12.1 Å². The van der Waals surface area contributed by atoms with Crippen molar-refractivity contribution < 1.29 is 9.90 Å². The predicted molar refractivity (Wildman–Crippen MR) is 65.4 cm³/mol. The van der Waals surface area contributed by atoms with Crippen molar-refractivity contribution in [3.63, 3.8) is 0 Å². The summed E-state index contributed by atoms with van der Waals surface area (Å²) in [4.78, 5) is 14.3. The SMILES string of the molecule is O=C(O)CCN=C([Se])Nc1ccc(Cl)cc1. The second kappa shape index (κ2) is 6.53. The number of halogens is 1.